The van der Waals surface area contributed by atoms with Crippen molar-refractivity contribution in [2.24, 2.45) is 5.73 Å². The molecule has 0 saturated carbocycles. The number of aromatic nitrogens is 1. The molecule has 0 unspecified atom stereocenters. The lowest BCUT2D eigenvalue weighted by Gasteiger charge is -2.03. The van der Waals surface area contributed by atoms with E-state index < -0.39 is 23.9 Å². The minimum atomic E-state index is -0.734. The minimum absolute atomic E-state index is 0.102. The van der Waals surface area contributed by atoms with E-state index in [1.54, 1.807) is 6.92 Å². The van der Waals surface area contributed by atoms with Crippen LogP contribution in [0, 0.1) is 6.92 Å². The highest BCUT2D eigenvalue weighted by Gasteiger charge is 2.10. The summed E-state index contributed by atoms with van der Waals surface area (Å²) in [7, 11) is 0. The van der Waals surface area contributed by atoms with Crippen LogP contribution < -0.4 is 16.6 Å². The van der Waals surface area contributed by atoms with Gasteiger partial charge in [-0.3, -0.25) is 19.2 Å². The number of rotatable bonds is 4. The van der Waals surface area contributed by atoms with E-state index in [-0.39, 0.29) is 5.56 Å². The van der Waals surface area contributed by atoms with E-state index in [9.17, 15) is 14.4 Å². The summed E-state index contributed by atoms with van der Waals surface area (Å²) in [4.78, 5) is 40.2. The first-order chi connectivity index (χ1) is 7.50. The fourth-order valence-corrected chi connectivity index (χ4v) is 0.978. The Hall–Kier alpha value is -2.15. The molecule has 86 valence electrons. The normalized spacial score (nSPS) is 9.81. The number of H-pyrrole nitrogens is 1. The van der Waals surface area contributed by atoms with Gasteiger partial charge >= 0.3 is 0 Å². The third kappa shape index (κ3) is 3.21. The second-order valence-electron chi connectivity index (χ2n) is 3.08. The van der Waals surface area contributed by atoms with Gasteiger partial charge in [-0.15, -0.1) is 0 Å². The molecule has 0 saturated heterocycles. The Morgan fingerprint density at radius 2 is 2.25 bits per heavy atom. The van der Waals surface area contributed by atoms with Crippen molar-refractivity contribution in [3.05, 3.63) is 33.7 Å². The summed E-state index contributed by atoms with van der Waals surface area (Å²) < 4.78 is 0. The number of amides is 2. The molecule has 1 aromatic heterocycles. The summed E-state index contributed by atoms with van der Waals surface area (Å²) in [6.45, 7) is 1.24. The molecule has 1 rings (SSSR count). The summed E-state index contributed by atoms with van der Waals surface area (Å²) in [6, 6.07) is 1.28. The van der Waals surface area contributed by atoms with E-state index in [4.69, 9.17) is 5.73 Å². The standard InChI is InChI=1S/C9H11N3O4/c1-5-2-7(13)6(3-11-5)9(15)12-16-4-8(10)14/h2-3H,4H2,1H3,(H2,10,14)(H,11,13)(H,12,15). The van der Waals surface area contributed by atoms with Gasteiger partial charge in [0.25, 0.3) is 5.91 Å². The number of nitrogens with one attached hydrogen (secondary N) is 2. The van der Waals surface area contributed by atoms with Crippen molar-refractivity contribution in [2.45, 2.75) is 6.92 Å². The van der Waals surface area contributed by atoms with E-state index in [0.717, 1.165) is 0 Å². The van der Waals surface area contributed by atoms with Crippen LogP contribution in [0.5, 0.6) is 0 Å². The van der Waals surface area contributed by atoms with Crippen molar-refractivity contribution in [3.63, 3.8) is 0 Å². The summed E-state index contributed by atoms with van der Waals surface area (Å²) in [6.07, 6.45) is 1.26. The SMILES string of the molecule is Cc1cc(=O)c(C(=O)NOCC(N)=O)c[nH]1. The van der Waals surface area contributed by atoms with Gasteiger partial charge in [-0.2, -0.15) is 0 Å². The highest BCUT2D eigenvalue weighted by molar-refractivity contribution is 5.93. The molecule has 0 aromatic carbocycles. The van der Waals surface area contributed by atoms with Crippen LogP contribution in [0.25, 0.3) is 0 Å². The van der Waals surface area contributed by atoms with Crippen molar-refractivity contribution in [2.75, 3.05) is 6.61 Å². The molecule has 0 aliphatic heterocycles. The lowest BCUT2D eigenvalue weighted by atomic mass is 10.2. The minimum Gasteiger partial charge on any atom is -0.368 e. The van der Waals surface area contributed by atoms with E-state index in [0.29, 0.717) is 5.69 Å². The molecule has 0 atom stereocenters. The number of hydroxylamine groups is 1. The van der Waals surface area contributed by atoms with Gasteiger partial charge < -0.3 is 10.7 Å². The van der Waals surface area contributed by atoms with Crippen molar-refractivity contribution in [1.82, 2.24) is 10.5 Å². The van der Waals surface area contributed by atoms with Gasteiger partial charge in [0.1, 0.15) is 5.56 Å². The molecular formula is C9H11N3O4. The molecular weight excluding hydrogens is 214 g/mol. The Morgan fingerprint density at radius 3 is 2.81 bits per heavy atom. The number of hydrogen-bond donors (Lipinski definition) is 3. The second-order valence-corrected chi connectivity index (χ2v) is 3.08. The maximum Gasteiger partial charge on any atom is 0.280 e. The molecule has 0 bridgehead atoms. The van der Waals surface area contributed by atoms with Crippen LogP contribution in [0.1, 0.15) is 16.1 Å². The van der Waals surface area contributed by atoms with Crippen LogP contribution >= 0.6 is 0 Å². The van der Waals surface area contributed by atoms with Crippen LogP contribution in [-0.2, 0) is 9.63 Å². The van der Waals surface area contributed by atoms with Gasteiger partial charge in [0.05, 0.1) is 0 Å². The molecule has 0 spiro atoms. The van der Waals surface area contributed by atoms with Gasteiger partial charge in [-0.1, -0.05) is 0 Å². The van der Waals surface area contributed by atoms with Crippen LogP contribution in [0.2, 0.25) is 0 Å². The Morgan fingerprint density at radius 1 is 1.56 bits per heavy atom. The molecule has 2 amide bonds. The zero-order valence-electron chi connectivity index (χ0n) is 8.57. The van der Waals surface area contributed by atoms with Gasteiger partial charge in [-0.05, 0) is 6.92 Å². The summed E-state index contributed by atoms with van der Waals surface area (Å²) in [5.74, 6) is -1.46. The number of carbonyl (C=O) groups excluding carboxylic acids is 2. The molecule has 0 fully saturated rings. The summed E-state index contributed by atoms with van der Waals surface area (Å²) >= 11 is 0. The zero-order chi connectivity index (χ0) is 12.1. The lowest BCUT2D eigenvalue weighted by molar-refractivity contribution is -0.124. The summed E-state index contributed by atoms with van der Waals surface area (Å²) in [5.41, 5.74) is 6.82. The largest absolute Gasteiger partial charge is 0.368 e. The van der Waals surface area contributed by atoms with E-state index in [1.807, 2.05) is 5.48 Å². The van der Waals surface area contributed by atoms with Gasteiger partial charge in [0.2, 0.25) is 5.91 Å². The van der Waals surface area contributed by atoms with Crippen LogP contribution in [0.15, 0.2) is 17.1 Å². The Balaban J connectivity index is 2.66. The molecule has 0 aliphatic rings. The van der Waals surface area contributed by atoms with Crippen molar-refractivity contribution >= 4 is 11.8 Å². The maximum absolute atomic E-state index is 11.4. The van der Waals surface area contributed by atoms with Gasteiger partial charge in [0.15, 0.2) is 12.0 Å². The van der Waals surface area contributed by atoms with E-state index in [2.05, 4.69) is 9.82 Å². The number of carbonyl (C=O) groups is 2. The Labute approximate surface area is 90.6 Å². The molecule has 1 aromatic rings. The number of aryl methyl sites for hydroxylation is 1. The summed E-state index contributed by atoms with van der Waals surface area (Å²) in [5, 5.41) is 0. The smallest absolute Gasteiger partial charge is 0.280 e. The fraction of sp³-hybridized carbons (Fsp3) is 0.222. The van der Waals surface area contributed by atoms with Crippen molar-refractivity contribution in [1.29, 1.82) is 0 Å². The van der Waals surface area contributed by atoms with E-state index in [1.165, 1.54) is 12.3 Å². The van der Waals surface area contributed by atoms with Gasteiger partial charge in [0, 0.05) is 18.0 Å². The van der Waals surface area contributed by atoms with E-state index >= 15 is 0 Å². The van der Waals surface area contributed by atoms with Crippen LogP contribution in [-0.4, -0.2) is 23.4 Å². The van der Waals surface area contributed by atoms with Crippen LogP contribution in [0.3, 0.4) is 0 Å². The first kappa shape index (κ1) is 11.9. The highest BCUT2D eigenvalue weighted by atomic mass is 16.7. The molecule has 1 heterocycles. The van der Waals surface area contributed by atoms with Crippen molar-refractivity contribution < 1.29 is 14.4 Å². The molecule has 16 heavy (non-hydrogen) atoms. The molecule has 0 radical (unpaired) electrons. The number of nitrogens with two attached hydrogens (primary N) is 1. The second kappa shape index (κ2) is 5.08. The molecule has 7 nitrogen and oxygen atoms in total. The number of pyridine rings is 1. The highest BCUT2D eigenvalue weighted by Crippen LogP contribution is 1.91. The average Bonchev–Trinajstić information content (AvgIpc) is 2.16. The predicted octanol–water partition coefficient (Wildman–Crippen LogP) is -1.17. The monoisotopic (exact) mass is 225 g/mol. The average molecular weight is 225 g/mol. The third-order valence-electron chi connectivity index (χ3n) is 1.68. The molecule has 0 aliphatic carbocycles. The molecule has 7 heteroatoms. The third-order valence-corrected chi connectivity index (χ3v) is 1.68. The fourth-order valence-electron chi connectivity index (χ4n) is 0.978. The Bertz CT molecular complexity index is 466. The van der Waals surface area contributed by atoms with Crippen LogP contribution in [0.4, 0.5) is 0 Å². The number of hydrogen-bond acceptors (Lipinski definition) is 4. The number of primary amides is 1. The number of aromatic amines is 1. The molecule has 4 N–H and O–H groups in total. The first-order valence-corrected chi connectivity index (χ1v) is 4.40. The quantitative estimate of drug-likeness (QED) is 0.560. The van der Waals surface area contributed by atoms with Gasteiger partial charge in [-0.25, -0.2) is 5.48 Å². The Kier molecular flexibility index (Phi) is 3.78. The lowest BCUT2D eigenvalue weighted by Crippen LogP contribution is -2.32. The van der Waals surface area contributed by atoms with Crippen molar-refractivity contribution in [3.8, 4) is 0 Å². The topological polar surface area (TPSA) is 114 Å². The zero-order valence-corrected chi connectivity index (χ0v) is 8.57. The predicted molar refractivity (Wildman–Crippen MR) is 54.4 cm³/mol. The maximum atomic E-state index is 11.4. The first-order valence-electron chi connectivity index (χ1n) is 4.40.